The van der Waals surface area contributed by atoms with Gasteiger partial charge in [0.2, 0.25) is 5.91 Å². The molecule has 0 saturated carbocycles. The van der Waals surface area contributed by atoms with E-state index in [0.29, 0.717) is 12.8 Å². The summed E-state index contributed by atoms with van der Waals surface area (Å²) in [5.74, 6) is -0.474. The summed E-state index contributed by atoms with van der Waals surface area (Å²) >= 11 is 0. The lowest BCUT2D eigenvalue weighted by Crippen LogP contribution is -2.49. The van der Waals surface area contributed by atoms with Gasteiger partial charge < -0.3 is 20.6 Å². The highest BCUT2D eigenvalue weighted by Gasteiger charge is 2.23. The Morgan fingerprint density at radius 2 is 0.889 bits per heavy atom. The van der Waals surface area contributed by atoms with Gasteiger partial charge in [-0.15, -0.1) is 0 Å². The first-order valence-electron chi connectivity index (χ1n) is 15.8. The molecule has 0 saturated heterocycles. The average molecular weight is 514 g/mol. The third-order valence-corrected chi connectivity index (χ3v) is 7.48. The fourth-order valence-electron chi connectivity index (χ4n) is 4.89. The molecule has 0 aliphatic heterocycles. The van der Waals surface area contributed by atoms with Crippen molar-refractivity contribution in [1.29, 1.82) is 0 Å². The first-order valence-corrected chi connectivity index (χ1v) is 15.8. The topological polar surface area (TPSA) is 89.8 Å². The molecule has 0 bridgehead atoms. The maximum atomic E-state index is 12.3. The monoisotopic (exact) mass is 513 g/mol. The molecule has 0 aromatic carbocycles. The van der Waals surface area contributed by atoms with Gasteiger partial charge in [-0.3, -0.25) is 4.79 Å². The molecule has 1 amide bonds. The van der Waals surface area contributed by atoms with E-state index < -0.39 is 24.2 Å². The van der Waals surface area contributed by atoms with Crippen LogP contribution in [0.2, 0.25) is 0 Å². The van der Waals surface area contributed by atoms with Crippen LogP contribution in [0.25, 0.3) is 0 Å². The van der Waals surface area contributed by atoms with Crippen molar-refractivity contribution in [2.24, 2.45) is 0 Å². The maximum absolute atomic E-state index is 12.3. The molecule has 3 unspecified atom stereocenters. The molecular weight excluding hydrogens is 450 g/mol. The van der Waals surface area contributed by atoms with E-state index in [9.17, 15) is 20.1 Å². The van der Waals surface area contributed by atoms with Crippen LogP contribution in [0.4, 0.5) is 0 Å². The van der Waals surface area contributed by atoms with E-state index in [-0.39, 0.29) is 6.61 Å². The highest BCUT2D eigenvalue weighted by molar-refractivity contribution is 5.80. The Morgan fingerprint density at radius 3 is 1.25 bits per heavy atom. The summed E-state index contributed by atoms with van der Waals surface area (Å²) in [7, 11) is 0. The molecule has 0 spiro atoms. The number of hydrogen-bond donors (Lipinski definition) is 4. The Bertz CT molecular complexity index is 460. The predicted molar refractivity (Wildman–Crippen MR) is 153 cm³/mol. The molecule has 36 heavy (non-hydrogen) atoms. The van der Waals surface area contributed by atoms with Gasteiger partial charge >= 0.3 is 0 Å². The van der Waals surface area contributed by atoms with Gasteiger partial charge in [-0.05, 0) is 12.8 Å². The molecule has 0 aliphatic carbocycles. The van der Waals surface area contributed by atoms with E-state index in [2.05, 4.69) is 19.2 Å². The number of nitrogens with one attached hydrogen (secondary N) is 1. The molecule has 0 aromatic heterocycles. The van der Waals surface area contributed by atoms with Gasteiger partial charge in [-0.1, -0.05) is 155 Å². The van der Waals surface area contributed by atoms with Crippen LogP contribution >= 0.6 is 0 Å². The molecular formula is C31H63NO4. The van der Waals surface area contributed by atoms with Crippen LogP contribution in [0.3, 0.4) is 0 Å². The van der Waals surface area contributed by atoms with Crippen LogP contribution in [0.5, 0.6) is 0 Å². The Morgan fingerprint density at radius 1 is 0.556 bits per heavy atom. The molecule has 5 nitrogen and oxygen atoms in total. The van der Waals surface area contributed by atoms with Crippen LogP contribution in [0, 0.1) is 0 Å². The smallest absolute Gasteiger partial charge is 0.249 e. The number of carbonyl (C=O) groups excluding carboxylic acids is 1. The molecule has 0 heterocycles. The summed E-state index contributed by atoms with van der Waals surface area (Å²) in [5, 5.41) is 32.9. The lowest BCUT2D eigenvalue weighted by atomic mass is 10.0. The molecule has 0 fully saturated rings. The van der Waals surface area contributed by atoms with Crippen molar-refractivity contribution in [2.75, 3.05) is 6.61 Å². The predicted octanol–water partition coefficient (Wildman–Crippen LogP) is 7.59. The highest BCUT2D eigenvalue weighted by atomic mass is 16.3. The second kappa shape index (κ2) is 27.4. The van der Waals surface area contributed by atoms with Crippen LogP contribution in [-0.4, -0.2) is 46.1 Å². The average Bonchev–Trinajstić information content (AvgIpc) is 2.88. The van der Waals surface area contributed by atoms with Crippen molar-refractivity contribution >= 4 is 5.91 Å². The molecule has 0 aromatic rings. The van der Waals surface area contributed by atoms with Gasteiger partial charge in [0.1, 0.15) is 6.10 Å². The summed E-state index contributed by atoms with van der Waals surface area (Å²) in [6.07, 6.45) is 26.5. The van der Waals surface area contributed by atoms with Crippen molar-refractivity contribution in [3.63, 3.8) is 0 Å². The summed E-state index contributed by atoms with van der Waals surface area (Å²) in [6, 6.07) is -0.701. The summed E-state index contributed by atoms with van der Waals surface area (Å²) in [6.45, 7) is 4.18. The van der Waals surface area contributed by atoms with E-state index >= 15 is 0 Å². The number of amides is 1. The zero-order valence-corrected chi connectivity index (χ0v) is 24.2. The number of carbonyl (C=O) groups is 1. The van der Waals surface area contributed by atoms with Gasteiger partial charge in [-0.25, -0.2) is 0 Å². The van der Waals surface area contributed by atoms with Crippen LogP contribution in [0.1, 0.15) is 168 Å². The van der Waals surface area contributed by atoms with Gasteiger partial charge in [-0.2, -0.15) is 0 Å². The standard InChI is InChI=1S/C31H63NO4/c1-3-5-7-9-11-13-14-15-16-18-19-21-23-25-29(34)28(27-33)32-31(36)30(35)26-24-22-20-17-12-10-8-6-4-2/h28-30,33-35H,3-27H2,1-2H3,(H,32,36). The molecule has 4 N–H and O–H groups in total. The molecule has 5 heteroatoms. The van der Waals surface area contributed by atoms with E-state index in [1.165, 1.54) is 109 Å². The molecule has 0 rings (SSSR count). The lowest BCUT2D eigenvalue weighted by Gasteiger charge is -2.23. The fraction of sp³-hybridized carbons (Fsp3) is 0.968. The molecule has 216 valence electrons. The largest absolute Gasteiger partial charge is 0.394 e. The van der Waals surface area contributed by atoms with E-state index in [0.717, 1.165) is 32.1 Å². The first kappa shape index (κ1) is 35.4. The van der Waals surface area contributed by atoms with Crippen molar-refractivity contribution < 1.29 is 20.1 Å². The molecule has 0 aliphatic rings. The van der Waals surface area contributed by atoms with Crippen molar-refractivity contribution in [1.82, 2.24) is 5.32 Å². The minimum atomic E-state index is -1.06. The first-order chi connectivity index (χ1) is 17.6. The minimum Gasteiger partial charge on any atom is -0.394 e. The number of hydrogen-bond acceptors (Lipinski definition) is 4. The van der Waals surface area contributed by atoms with Gasteiger partial charge in [0.15, 0.2) is 0 Å². The van der Waals surface area contributed by atoms with Crippen molar-refractivity contribution in [3.05, 3.63) is 0 Å². The highest BCUT2D eigenvalue weighted by Crippen LogP contribution is 2.15. The lowest BCUT2D eigenvalue weighted by molar-refractivity contribution is -0.131. The van der Waals surface area contributed by atoms with Crippen LogP contribution in [0.15, 0.2) is 0 Å². The summed E-state index contributed by atoms with van der Waals surface area (Å²) in [4.78, 5) is 12.3. The van der Waals surface area contributed by atoms with E-state index in [4.69, 9.17) is 0 Å². The number of rotatable bonds is 28. The summed E-state index contributed by atoms with van der Waals surface area (Å²) < 4.78 is 0. The third-order valence-electron chi connectivity index (χ3n) is 7.48. The van der Waals surface area contributed by atoms with Crippen molar-refractivity contribution in [2.45, 2.75) is 186 Å². The molecule has 0 radical (unpaired) electrons. The zero-order valence-electron chi connectivity index (χ0n) is 24.2. The molecule has 3 atom stereocenters. The van der Waals surface area contributed by atoms with Gasteiger partial charge in [0, 0.05) is 0 Å². The Balaban J connectivity index is 3.72. The normalized spacial score (nSPS) is 14.0. The maximum Gasteiger partial charge on any atom is 0.249 e. The minimum absolute atomic E-state index is 0.309. The quantitative estimate of drug-likeness (QED) is 0.0811. The second-order valence-electron chi connectivity index (χ2n) is 11.0. The SMILES string of the molecule is CCCCCCCCCCCCCCCC(O)C(CO)NC(=O)C(O)CCCCCCCCCCC. The number of unbranched alkanes of at least 4 members (excludes halogenated alkanes) is 20. The zero-order chi connectivity index (χ0) is 26.7. The van der Waals surface area contributed by atoms with Gasteiger partial charge in [0.05, 0.1) is 18.8 Å². The van der Waals surface area contributed by atoms with Crippen molar-refractivity contribution in [3.8, 4) is 0 Å². The number of aliphatic hydroxyl groups excluding tert-OH is 3. The fourth-order valence-corrected chi connectivity index (χ4v) is 4.89. The Hall–Kier alpha value is -0.650. The third kappa shape index (κ3) is 22.5. The van der Waals surface area contributed by atoms with E-state index in [1.807, 2.05) is 0 Å². The van der Waals surface area contributed by atoms with Crippen LogP contribution in [-0.2, 0) is 4.79 Å². The number of aliphatic hydroxyl groups is 3. The van der Waals surface area contributed by atoms with Crippen LogP contribution < -0.4 is 5.32 Å². The summed E-state index contributed by atoms with van der Waals surface area (Å²) in [5.41, 5.74) is 0. The Kier molecular flexibility index (Phi) is 26.9. The van der Waals surface area contributed by atoms with E-state index in [1.54, 1.807) is 0 Å². The van der Waals surface area contributed by atoms with Gasteiger partial charge in [0.25, 0.3) is 0 Å². The second-order valence-corrected chi connectivity index (χ2v) is 11.0. The Labute approximate surface area is 224 Å².